The average Bonchev–Trinajstić information content (AvgIpc) is 2.60. The standard InChI is InChI=1S/C10H11NO4/c1-14-7-3-5-6(4-11-10(5)13)8(12)9(7)15-2/h3,12H,4H2,1-2H3,(H,11,13). The Hall–Kier alpha value is -1.91. The first kappa shape index (κ1) is 9.64. The van der Waals surface area contributed by atoms with E-state index in [1.807, 2.05) is 0 Å². The third-order valence-corrected chi connectivity index (χ3v) is 2.42. The molecule has 1 heterocycles. The number of fused-ring (bicyclic) bond motifs is 1. The van der Waals surface area contributed by atoms with Crippen molar-refractivity contribution in [3.8, 4) is 17.2 Å². The summed E-state index contributed by atoms with van der Waals surface area (Å²) in [6.45, 7) is 0.320. The second-order valence-corrected chi connectivity index (χ2v) is 3.17. The Kier molecular flexibility index (Phi) is 2.15. The number of phenolic OH excluding ortho intramolecular Hbond substituents is 1. The van der Waals surface area contributed by atoms with Gasteiger partial charge in [-0.05, 0) is 6.07 Å². The quantitative estimate of drug-likeness (QED) is 0.750. The van der Waals surface area contributed by atoms with Crippen LogP contribution in [-0.2, 0) is 6.54 Å². The number of phenols is 1. The SMILES string of the molecule is COc1cc2c(c(O)c1OC)CNC2=O. The van der Waals surface area contributed by atoms with Gasteiger partial charge < -0.3 is 19.9 Å². The summed E-state index contributed by atoms with van der Waals surface area (Å²) in [6, 6.07) is 1.57. The fourth-order valence-electron chi connectivity index (χ4n) is 1.66. The Morgan fingerprint density at radius 3 is 2.73 bits per heavy atom. The molecule has 15 heavy (non-hydrogen) atoms. The first-order valence-corrected chi connectivity index (χ1v) is 4.44. The minimum absolute atomic E-state index is 0.0369. The van der Waals surface area contributed by atoms with Crippen LogP contribution in [0.3, 0.4) is 0 Å². The van der Waals surface area contributed by atoms with Crippen molar-refractivity contribution < 1.29 is 19.4 Å². The number of benzene rings is 1. The number of aromatic hydroxyl groups is 1. The molecule has 0 bridgehead atoms. The van der Waals surface area contributed by atoms with Crippen LogP contribution in [0.2, 0.25) is 0 Å². The lowest BCUT2D eigenvalue weighted by molar-refractivity contribution is 0.0965. The van der Waals surface area contributed by atoms with Crippen LogP contribution in [0.25, 0.3) is 0 Å². The van der Waals surface area contributed by atoms with Gasteiger partial charge in [-0.25, -0.2) is 0 Å². The zero-order valence-electron chi connectivity index (χ0n) is 8.46. The molecule has 5 heteroatoms. The van der Waals surface area contributed by atoms with E-state index in [0.29, 0.717) is 23.4 Å². The molecule has 0 aliphatic carbocycles. The van der Waals surface area contributed by atoms with Crippen molar-refractivity contribution in [3.63, 3.8) is 0 Å². The largest absolute Gasteiger partial charge is 0.504 e. The zero-order chi connectivity index (χ0) is 11.0. The zero-order valence-corrected chi connectivity index (χ0v) is 8.46. The van der Waals surface area contributed by atoms with E-state index in [-0.39, 0.29) is 17.4 Å². The van der Waals surface area contributed by atoms with Crippen LogP contribution in [0, 0.1) is 0 Å². The minimum atomic E-state index is -0.207. The molecule has 5 nitrogen and oxygen atoms in total. The lowest BCUT2D eigenvalue weighted by Crippen LogP contribution is -2.12. The number of carbonyl (C=O) groups excluding carboxylic acids is 1. The summed E-state index contributed by atoms with van der Waals surface area (Å²) in [5.74, 6) is 0.366. The van der Waals surface area contributed by atoms with E-state index < -0.39 is 0 Å². The number of carbonyl (C=O) groups is 1. The van der Waals surface area contributed by atoms with Crippen LogP contribution < -0.4 is 14.8 Å². The van der Waals surface area contributed by atoms with E-state index in [1.54, 1.807) is 6.07 Å². The Balaban J connectivity index is 2.67. The van der Waals surface area contributed by atoms with Gasteiger partial charge in [0.05, 0.1) is 19.8 Å². The molecule has 1 aromatic carbocycles. The van der Waals surface area contributed by atoms with E-state index in [4.69, 9.17) is 9.47 Å². The van der Waals surface area contributed by atoms with Crippen molar-refractivity contribution >= 4 is 5.91 Å². The maximum Gasteiger partial charge on any atom is 0.252 e. The fourth-order valence-corrected chi connectivity index (χ4v) is 1.66. The lowest BCUT2D eigenvalue weighted by Gasteiger charge is -2.11. The number of amides is 1. The third-order valence-electron chi connectivity index (χ3n) is 2.42. The number of rotatable bonds is 2. The lowest BCUT2D eigenvalue weighted by atomic mass is 10.1. The summed E-state index contributed by atoms with van der Waals surface area (Å²) >= 11 is 0. The highest BCUT2D eigenvalue weighted by Gasteiger charge is 2.27. The predicted octanol–water partition coefficient (Wildman–Crippen LogP) is 0.653. The highest BCUT2D eigenvalue weighted by molar-refractivity contribution is 6.00. The molecule has 0 atom stereocenters. The fraction of sp³-hybridized carbons (Fsp3) is 0.300. The van der Waals surface area contributed by atoms with Gasteiger partial charge in [-0.3, -0.25) is 4.79 Å². The van der Waals surface area contributed by atoms with Crippen molar-refractivity contribution in [2.24, 2.45) is 0 Å². The van der Waals surface area contributed by atoms with Crippen molar-refractivity contribution in [2.45, 2.75) is 6.54 Å². The number of methoxy groups -OCH3 is 2. The molecule has 0 fully saturated rings. The normalized spacial score (nSPS) is 13.3. The van der Waals surface area contributed by atoms with Gasteiger partial charge in [-0.15, -0.1) is 0 Å². The third kappa shape index (κ3) is 1.27. The van der Waals surface area contributed by atoms with Crippen molar-refractivity contribution in [1.82, 2.24) is 5.32 Å². The van der Waals surface area contributed by atoms with E-state index in [9.17, 15) is 9.90 Å². The molecule has 1 amide bonds. The molecular weight excluding hydrogens is 198 g/mol. The second kappa shape index (κ2) is 3.34. The first-order chi connectivity index (χ1) is 7.19. The molecule has 1 aromatic rings. The maximum atomic E-state index is 11.4. The number of nitrogens with one attached hydrogen (secondary N) is 1. The van der Waals surface area contributed by atoms with Gasteiger partial charge in [-0.1, -0.05) is 0 Å². The molecule has 0 saturated carbocycles. The Bertz CT molecular complexity index is 428. The highest BCUT2D eigenvalue weighted by Crippen LogP contribution is 2.42. The van der Waals surface area contributed by atoms with Gasteiger partial charge in [0.1, 0.15) is 0 Å². The van der Waals surface area contributed by atoms with E-state index in [0.717, 1.165) is 0 Å². The number of hydrogen-bond donors (Lipinski definition) is 2. The Morgan fingerprint density at radius 2 is 2.13 bits per heavy atom. The molecule has 2 rings (SSSR count). The van der Waals surface area contributed by atoms with E-state index in [1.165, 1.54) is 14.2 Å². The van der Waals surface area contributed by atoms with Crippen molar-refractivity contribution in [3.05, 3.63) is 17.2 Å². The molecule has 0 spiro atoms. The summed E-state index contributed by atoms with van der Waals surface area (Å²) in [4.78, 5) is 11.4. The van der Waals surface area contributed by atoms with Gasteiger partial charge in [0, 0.05) is 12.1 Å². The molecule has 80 valence electrons. The molecule has 0 radical (unpaired) electrons. The van der Waals surface area contributed by atoms with Crippen molar-refractivity contribution in [2.75, 3.05) is 14.2 Å². The van der Waals surface area contributed by atoms with E-state index in [2.05, 4.69) is 5.32 Å². The Labute approximate surface area is 86.6 Å². The molecule has 0 saturated heterocycles. The van der Waals surface area contributed by atoms with Gasteiger partial charge in [0.15, 0.2) is 11.5 Å². The smallest absolute Gasteiger partial charge is 0.252 e. The summed E-state index contributed by atoms with van der Waals surface area (Å²) < 4.78 is 10.0. The summed E-state index contributed by atoms with van der Waals surface area (Å²) in [6.07, 6.45) is 0. The summed E-state index contributed by atoms with van der Waals surface area (Å²) in [5, 5.41) is 12.5. The number of hydrogen-bond acceptors (Lipinski definition) is 4. The molecule has 1 aliphatic rings. The molecular formula is C10H11NO4. The van der Waals surface area contributed by atoms with Gasteiger partial charge in [-0.2, -0.15) is 0 Å². The predicted molar refractivity (Wildman–Crippen MR) is 52.4 cm³/mol. The van der Waals surface area contributed by atoms with Gasteiger partial charge >= 0.3 is 0 Å². The summed E-state index contributed by atoms with van der Waals surface area (Å²) in [7, 11) is 2.89. The van der Waals surface area contributed by atoms with Crippen LogP contribution in [0.1, 0.15) is 15.9 Å². The van der Waals surface area contributed by atoms with Crippen LogP contribution in [-0.4, -0.2) is 25.2 Å². The minimum Gasteiger partial charge on any atom is -0.504 e. The second-order valence-electron chi connectivity index (χ2n) is 3.17. The summed E-state index contributed by atoms with van der Waals surface area (Å²) in [5.41, 5.74) is 0.989. The number of ether oxygens (including phenoxy) is 2. The van der Waals surface area contributed by atoms with Crippen LogP contribution in [0.15, 0.2) is 6.07 Å². The maximum absolute atomic E-state index is 11.4. The average molecular weight is 209 g/mol. The molecule has 0 aromatic heterocycles. The van der Waals surface area contributed by atoms with Crippen LogP contribution in [0.5, 0.6) is 17.2 Å². The Morgan fingerprint density at radius 1 is 1.40 bits per heavy atom. The van der Waals surface area contributed by atoms with Gasteiger partial charge in [0.25, 0.3) is 5.91 Å². The van der Waals surface area contributed by atoms with Crippen molar-refractivity contribution in [1.29, 1.82) is 0 Å². The van der Waals surface area contributed by atoms with Gasteiger partial charge in [0.2, 0.25) is 5.75 Å². The first-order valence-electron chi connectivity index (χ1n) is 4.44. The van der Waals surface area contributed by atoms with Crippen LogP contribution in [0.4, 0.5) is 0 Å². The van der Waals surface area contributed by atoms with Crippen LogP contribution >= 0.6 is 0 Å². The molecule has 2 N–H and O–H groups in total. The topological polar surface area (TPSA) is 67.8 Å². The highest BCUT2D eigenvalue weighted by atomic mass is 16.5. The molecule has 0 unspecified atom stereocenters. The molecule has 1 aliphatic heterocycles. The monoisotopic (exact) mass is 209 g/mol. The van der Waals surface area contributed by atoms with E-state index >= 15 is 0 Å².